The number of amides is 1. The van der Waals surface area contributed by atoms with E-state index in [9.17, 15) is 4.79 Å². The lowest BCUT2D eigenvalue weighted by Gasteiger charge is -2.03. The summed E-state index contributed by atoms with van der Waals surface area (Å²) in [6.45, 7) is 0.473. The van der Waals surface area contributed by atoms with Gasteiger partial charge in [0, 0.05) is 37.8 Å². The molecule has 27 heavy (non-hydrogen) atoms. The molecule has 0 aliphatic heterocycles. The Morgan fingerprint density at radius 2 is 2.07 bits per heavy atom. The minimum absolute atomic E-state index is 0.256. The molecule has 1 N–H and O–H groups in total. The molecule has 0 radical (unpaired) electrons. The molecule has 6 nitrogen and oxygen atoms in total. The van der Waals surface area contributed by atoms with Crippen LogP contribution in [0.25, 0.3) is 21.9 Å². The summed E-state index contributed by atoms with van der Waals surface area (Å²) in [7, 11) is 1.96. The van der Waals surface area contributed by atoms with Crippen LogP contribution in [-0.4, -0.2) is 27.2 Å². The molecule has 0 fully saturated rings. The quantitative estimate of drug-likeness (QED) is 0.554. The Morgan fingerprint density at radius 3 is 2.85 bits per heavy atom. The third kappa shape index (κ3) is 3.83. The zero-order valence-electron chi connectivity index (χ0n) is 14.8. The summed E-state index contributed by atoms with van der Waals surface area (Å²) in [6, 6.07) is 15.3. The first-order chi connectivity index (χ1) is 13.2. The van der Waals surface area contributed by atoms with Crippen LogP contribution in [0.2, 0.25) is 0 Å². The highest BCUT2D eigenvalue weighted by Crippen LogP contribution is 2.23. The number of imidazole rings is 1. The van der Waals surface area contributed by atoms with Crippen molar-refractivity contribution in [3.63, 3.8) is 0 Å². The molecule has 0 saturated carbocycles. The summed E-state index contributed by atoms with van der Waals surface area (Å²) in [5.41, 5.74) is 2.11. The molecule has 1 amide bonds. The molecular weight excluding hydrogens is 360 g/mol. The van der Waals surface area contributed by atoms with E-state index < -0.39 is 0 Å². The van der Waals surface area contributed by atoms with Crippen LogP contribution in [0.15, 0.2) is 64.6 Å². The molecule has 136 valence electrons. The highest BCUT2D eigenvalue weighted by atomic mass is 32.1. The zero-order valence-corrected chi connectivity index (χ0v) is 15.6. The Balaban J connectivity index is 1.36. The van der Waals surface area contributed by atoms with E-state index in [4.69, 9.17) is 4.52 Å². The number of hydrogen-bond acceptors (Lipinski definition) is 5. The fourth-order valence-electron chi connectivity index (χ4n) is 2.78. The Morgan fingerprint density at radius 1 is 1.22 bits per heavy atom. The van der Waals surface area contributed by atoms with Crippen LogP contribution in [0.1, 0.15) is 16.3 Å². The van der Waals surface area contributed by atoms with Gasteiger partial charge in [0.2, 0.25) is 0 Å². The number of rotatable bonds is 6. The highest BCUT2D eigenvalue weighted by Gasteiger charge is 2.14. The minimum atomic E-state index is -0.256. The standard InChI is InChI=1S/C20H18N4O2S/c1-24-13-16(18-8-5-11-27-18)22-19(24)9-10-21-20(25)15-12-17(26-23-15)14-6-3-2-4-7-14/h2-8,11-13H,9-10H2,1H3,(H,21,25). The van der Waals surface area contributed by atoms with Crippen LogP contribution >= 0.6 is 11.3 Å². The van der Waals surface area contributed by atoms with Crippen molar-refractivity contribution in [1.82, 2.24) is 20.0 Å². The first-order valence-electron chi connectivity index (χ1n) is 8.57. The number of nitrogens with one attached hydrogen (secondary N) is 1. The Hall–Kier alpha value is -3.19. The predicted molar refractivity (Wildman–Crippen MR) is 104 cm³/mol. The van der Waals surface area contributed by atoms with Gasteiger partial charge in [-0.05, 0) is 11.4 Å². The number of carbonyl (C=O) groups excluding carboxylic acids is 1. The van der Waals surface area contributed by atoms with E-state index in [1.165, 1.54) is 0 Å². The largest absolute Gasteiger partial charge is 0.355 e. The fraction of sp³-hybridized carbons (Fsp3) is 0.150. The fourth-order valence-corrected chi connectivity index (χ4v) is 3.46. The number of aromatic nitrogens is 3. The first-order valence-corrected chi connectivity index (χ1v) is 9.45. The van der Waals surface area contributed by atoms with Crippen molar-refractivity contribution in [2.45, 2.75) is 6.42 Å². The van der Waals surface area contributed by atoms with E-state index >= 15 is 0 Å². The van der Waals surface area contributed by atoms with Crippen LogP contribution < -0.4 is 5.32 Å². The van der Waals surface area contributed by atoms with Crippen molar-refractivity contribution in [2.24, 2.45) is 7.05 Å². The smallest absolute Gasteiger partial charge is 0.273 e. The normalized spacial score (nSPS) is 10.9. The van der Waals surface area contributed by atoms with Crippen molar-refractivity contribution in [3.8, 4) is 21.9 Å². The molecule has 4 rings (SSSR count). The lowest BCUT2D eigenvalue weighted by atomic mass is 10.1. The second-order valence-corrected chi connectivity index (χ2v) is 7.03. The van der Waals surface area contributed by atoms with E-state index in [-0.39, 0.29) is 11.6 Å². The zero-order chi connectivity index (χ0) is 18.6. The second-order valence-electron chi connectivity index (χ2n) is 6.08. The van der Waals surface area contributed by atoms with E-state index in [2.05, 4.69) is 15.5 Å². The molecule has 0 unspecified atom stereocenters. The maximum atomic E-state index is 12.3. The van der Waals surface area contributed by atoms with Gasteiger partial charge in [0.05, 0.1) is 10.6 Å². The van der Waals surface area contributed by atoms with Crippen molar-refractivity contribution >= 4 is 17.2 Å². The molecule has 0 saturated heterocycles. The summed E-state index contributed by atoms with van der Waals surface area (Å²) < 4.78 is 7.26. The van der Waals surface area contributed by atoms with Crippen molar-refractivity contribution < 1.29 is 9.32 Å². The molecule has 0 spiro atoms. The number of hydrogen-bond donors (Lipinski definition) is 1. The van der Waals surface area contributed by atoms with Crippen LogP contribution in [0.5, 0.6) is 0 Å². The van der Waals surface area contributed by atoms with Gasteiger partial charge in [-0.15, -0.1) is 11.3 Å². The molecule has 0 aliphatic carbocycles. The van der Waals surface area contributed by atoms with Gasteiger partial charge in [-0.3, -0.25) is 4.79 Å². The summed E-state index contributed by atoms with van der Waals surface area (Å²) in [5.74, 6) is 1.24. The molecule has 4 aromatic rings. The average molecular weight is 378 g/mol. The van der Waals surface area contributed by atoms with Crippen LogP contribution in [0.3, 0.4) is 0 Å². The first kappa shape index (κ1) is 17.2. The maximum absolute atomic E-state index is 12.3. The average Bonchev–Trinajstić information content (AvgIpc) is 3.44. The predicted octanol–water partition coefficient (Wildman–Crippen LogP) is 3.78. The summed E-state index contributed by atoms with van der Waals surface area (Å²) in [4.78, 5) is 18.1. The van der Waals surface area contributed by atoms with Gasteiger partial charge in [-0.1, -0.05) is 41.6 Å². The van der Waals surface area contributed by atoms with Crippen molar-refractivity contribution in [1.29, 1.82) is 0 Å². The molecular formula is C20H18N4O2S. The van der Waals surface area contributed by atoms with Gasteiger partial charge in [-0.2, -0.15) is 0 Å². The Bertz CT molecular complexity index is 1040. The van der Waals surface area contributed by atoms with Gasteiger partial charge in [0.25, 0.3) is 5.91 Å². The van der Waals surface area contributed by atoms with Crippen LogP contribution in [0.4, 0.5) is 0 Å². The van der Waals surface area contributed by atoms with Gasteiger partial charge in [-0.25, -0.2) is 4.98 Å². The van der Waals surface area contributed by atoms with Crippen molar-refractivity contribution in [3.05, 3.63) is 71.6 Å². The molecule has 1 aromatic carbocycles. The van der Waals surface area contributed by atoms with Gasteiger partial charge >= 0.3 is 0 Å². The second kappa shape index (κ2) is 7.59. The summed E-state index contributed by atoms with van der Waals surface area (Å²) in [5, 5.41) is 8.77. The van der Waals surface area contributed by atoms with E-state index in [0.717, 1.165) is 22.0 Å². The molecule has 7 heteroatoms. The molecule has 0 atom stereocenters. The van der Waals surface area contributed by atoms with Crippen LogP contribution in [0, 0.1) is 0 Å². The van der Waals surface area contributed by atoms with Crippen molar-refractivity contribution in [2.75, 3.05) is 6.54 Å². The summed E-state index contributed by atoms with van der Waals surface area (Å²) >= 11 is 1.66. The lowest BCUT2D eigenvalue weighted by Crippen LogP contribution is -2.26. The molecule has 3 aromatic heterocycles. The summed E-state index contributed by atoms with van der Waals surface area (Å²) in [6.07, 6.45) is 2.64. The monoisotopic (exact) mass is 378 g/mol. The molecule has 3 heterocycles. The van der Waals surface area contributed by atoms with E-state index in [1.807, 2.05) is 65.7 Å². The molecule has 0 bridgehead atoms. The lowest BCUT2D eigenvalue weighted by molar-refractivity contribution is 0.0945. The third-order valence-electron chi connectivity index (χ3n) is 4.18. The number of carbonyl (C=O) groups is 1. The minimum Gasteiger partial charge on any atom is -0.355 e. The molecule has 0 aliphatic rings. The Kier molecular flexibility index (Phi) is 4.84. The maximum Gasteiger partial charge on any atom is 0.273 e. The SMILES string of the molecule is Cn1cc(-c2cccs2)nc1CCNC(=O)c1cc(-c2ccccc2)on1. The Labute approximate surface area is 160 Å². The topological polar surface area (TPSA) is 73.0 Å². The van der Waals surface area contributed by atoms with E-state index in [0.29, 0.717) is 18.7 Å². The van der Waals surface area contributed by atoms with Gasteiger partial charge in [0.15, 0.2) is 11.5 Å². The van der Waals surface area contributed by atoms with Crippen LogP contribution in [-0.2, 0) is 13.5 Å². The number of nitrogens with zero attached hydrogens (tertiary/aromatic N) is 3. The highest BCUT2D eigenvalue weighted by molar-refractivity contribution is 7.13. The van der Waals surface area contributed by atoms with E-state index in [1.54, 1.807) is 17.4 Å². The van der Waals surface area contributed by atoms with Gasteiger partial charge in [0.1, 0.15) is 5.82 Å². The number of aryl methyl sites for hydroxylation is 1. The number of benzene rings is 1. The number of thiophene rings is 1. The third-order valence-corrected chi connectivity index (χ3v) is 5.07. The van der Waals surface area contributed by atoms with Gasteiger partial charge < -0.3 is 14.4 Å².